The summed E-state index contributed by atoms with van der Waals surface area (Å²) in [4.78, 5) is 4.14. The van der Waals surface area contributed by atoms with Crippen LogP contribution in [0.2, 0.25) is 10.0 Å². The molecule has 0 bridgehead atoms. The number of benzene rings is 1. The molecule has 16 heavy (non-hydrogen) atoms. The highest BCUT2D eigenvalue weighted by atomic mass is 35.5. The first kappa shape index (κ1) is 11.4. The molecule has 2 rings (SSSR count). The quantitative estimate of drug-likeness (QED) is 0.898. The van der Waals surface area contributed by atoms with E-state index in [0.717, 1.165) is 0 Å². The Hall–Kier alpha value is -1.10. The zero-order chi connectivity index (χ0) is 11.7. The lowest BCUT2D eigenvalue weighted by Crippen LogP contribution is -2.04. The van der Waals surface area contributed by atoms with Crippen LogP contribution in [0.5, 0.6) is 0 Å². The lowest BCUT2D eigenvalue weighted by atomic mass is 10.2. The summed E-state index contributed by atoms with van der Waals surface area (Å²) >= 11 is 11.9. The molecule has 6 heteroatoms. The Morgan fingerprint density at radius 2 is 2.12 bits per heavy atom. The van der Waals surface area contributed by atoms with Crippen molar-refractivity contribution < 1.29 is 4.52 Å². The number of aromatic nitrogens is 2. The van der Waals surface area contributed by atoms with Crippen molar-refractivity contribution in [1.29, 1.82) is 0 Å². The zero-order valence-electron chi connectivity index (χ0n) is 8.45. The minimum atomic E-state index is -0.306. The summed E-state index contributed by atoms with van der Waals surface area (Å²) in [7, 11) is 0. The maximum Gasteiger partial charge on any atom is 0.243 e. The Morgan fingerprint density at radius 1 is 1.38 bits per heavy atom. The lowest BCUT2D eigenvalue weighted by Gasteiger charge is -1.99. The van der Waals surface area contributed by atoms with Gasteiger partial charge in [-0.3, -0.25) is 0 Å². The monoisotopic (exact) mass is 257 g/mol. The van der Waals surface area contributed by atoms with Crippen LogP contribution in [-0.4, -0.2) is 10.1 Å². The molecule has 1 atom stereocenters. The molecular formula is C10H9Cl2N3O. The van der Waals surface area contributed by atoms with Crippen molar-refractivity contribution in [2.75, 3.05) is 0 Å². The van der Waals surface area contributed by atoms with E-state index in [4.69, 9.17) is 33.5 Å². The van der Waals surface area contributed by atoms with Gasteiger partial charge in [-0.2, -0.15) is 4.98 Å². The standard InChI is InChI=1S/C10H9Cl2N3O/c1-5(13)10-14-9(15-16-10)6-3-2-4-7(11)8(6)12/h2-5H,13H2,1H3. The summed E-state index contributed by atoms with van der Waals surface area (Å²) in [5.41, 5.74) is 6.25. The highest BCUT2D eigenvalue weighted by molar-refractivity contribution is 6.43. The van der Waals surface area contributed by atoms with Gasteiger partial charge < -0.3 is 10.3 Å². The predicted molar refractivity (Wildman–Crippen MR) is 62.4 cm³/mol. The van der Waals surface area contributed by atoms with E-state index >= 15 is 0 Å². The van der Waals surface area contributed by atoms with Crippen LogP contribution in [-0.2, 0) is 0 Å². The first-order valence-corrected chi connectivity index (χ1v) is 5.38. The molecular weight excluding hydrogens is 249 g/mol. The molecule has 4 nitrogen and oxygen atoms in total. The number of halogens is 2. The van der Waals surface area contributed by atoms with Gasteiger partial charge in [-0.15, -0.1) is 0 Å². The summed E-state index contributed by atoms with van der Waals surface area (Å²) in [6, 6.07) is 4.93. The molecule has 2 aromatic rings. The topological polar surface area (TPSA) is 64.9 Å². The maximum atomic E-state index is 6.03. The highest BCUT2D eigenvalue weighted by Gasteiger charge is 2.15. The van der Waals surface area contributed by atoms with E-state index < -0.39 is 0 Å². The lowest BCUT2D eigenvalue weighted by molar-refractivity contribution is 0.362. The van der Waals surface area contributed by atoms with Crippen LogP contribution >= 0.6 is 23.2 Å². The molecule has 0 aliphatic heterocycles. The zero-order valence-corrected chi connectivity index (χ0v) is 9.96. The SMILES string of the molecule is CC(N)c1nc(-c2cccc(Cl)c2Cl)no1. The number of nitrogens with two attached hydrogens (primary N) is 1. The fraction of sp³-hybridized carbons (Fsp3) is 0.200. The normalized spacial score (nSPS) is 12.8. The van der Waals surface area contributed by atoms with Gasteiger partial charge in [0.2, 0.25) is 11.7 Å². The van der Waals surface area contributed by atoms with Crippen molar-refractivity contribution in [2.45, 2.75) is 13.0 Å². The van der Waals surface area contributed by atoms with Gasteiger partial charge in [-0.1, -0.05) is 34.4 Å². The Labute approximate surface area is 102 Å². The molecule has 0 aliphatic rings. The van der Waals surface area contributed by atoms with Crippen LogP contribution in [0.15, 0.2) is 22.7 Å². The third kappa shape index (κ3) is 2.04. The Bertz CT molecular complexity index is 511. The van der Waals surface area contributed by atoms with E-state index in [1.54, 1.807) is 25.1 Å². The van der Waals surface area contributed by atoms with Crippen LogP contribution in [0.25, 0.3) is 11.4 Å². The molecule has 0 radical (unpaired) electrons. The van der Waals surface area contributed by atoms with Gasteiger partial charge in [0.05, 0.1) is 16.1 Å². The second kappa shape index (κ2) is 4.41. The first-order chi connectivity index (χ1) is 7.59. The number of hydrogen-bond donors (Lipinski definition) is 1. The molecule has 0 amide bonds. The molecule has 1 aromatic heterocycles. The Kier molecular flexibility index (Phi) is 3.14. The molecule has 1 heterocycles. The van der Waals surface area contributed by atoms with Crippen molar-refractivity contribution in [3.8, 4) is 11.4 Å². The summed E-state index contributed by atoms with van der Waals surface area (Å²) < 4.78 is 4.99. The van der Waals surface area contributed by atoms with Crippen molar-refractivity contribution >= 4 is 23.2 Å². The van der Waals surface area contributed by atoms with E-state index in [1.165, 1.54) is 0 Å². The smallest absolute Gasteiger partial charge is 0.243 e. The van der Waals surface area contributed by atoms with Crippen molar-refractivity contribution in [2.24, 2.45) is 5.73 Å². The minimum Gasteiger partial charge on any atom is -0.337 e. The predicted octanol–water partition coefficient (Wildman–Crippen LogP) is 3.06. The van der Waals surface area contributed by atoms with Gasteiger partial charge in [0.25, 0.3) is 0 Å². The van der Waals surface area contributed by atoms with Crippen LogP contribution in [0.4, 0.5) is 0 Å². The van der Waals surface area contributed by atoms with Gasteiger partial charge in [0.15, 0.2) is 0 Å². The average Bonchev–Trinajstić information content (AvgIpc) is 2.71. The van der Waals surface area contributed by atoms with Gasteiger partial charge >= 0.3 is 0 Å². The molecule has 1 aromatic carbocycles. The van der Waals surface area contributed by atoms with Gasteiger partial charge in [0, 0.05) is 5.56 Å². The number of nitrogens with zero attached hydrogens (tertiary/aromatic N) is 2. The Balaban J connectivity index is 2.47. The summed E-state index contributed by atoms with van der Waals surface area (Å²) in [5, 5.41) is 4.65. The molecule has 0 saturated carbocycles. The molecule has 2 N–H and O–H groups in total. The van der Waals surface area contributed by atoms with E-state index in [0.29, 0.717) is 27.3 Å². The average molecular weight is 258 g/mol. The third-order valence-electron chi connectivity index (χ3n) is 2.02. The number of rotatable bonds is 2. The molecule has 1 unspecified atom stereocenters. The summed E-state index contributed by atoms with van der Waals surface area (Å²) in [6.07, 6.45) is 0. The van der Waals surface area contributed by atoms with Crippen molar-refractivity contribution in [1.82, 2.24) is 10.1 Å². The van der Waals surface area contributed by atoms with Crippen LogP contribution in [0.3, 0.4) is 0 Å². The highest BCUT2D eigenvalue weighted by Crippen LogP contribution is 2.31. The third-order valence-corrected chi connectivity index (χ3v) is 2.84. The minimum absolute atomic E-state index is 0.306. The van der Waals surface area contributed by atoms with Gasteiger partial charge in [-0.25, -0.2) is 0 Å². The van der Waals surface area contributed by atoms with E-state index in [2.05, 4.69) is 10.1 Å². The number of hydrogen-bond acceptors (Lipinski definition) is 4. The van der Waals surface area contributed by atoms with Gasteiger partial charge in [0.1, 0.15) is 0 Å². The first-order valence-electron chi connectivity index (χ1n) is 4.63. The second-order valence-corrected chi connectivity index (χ2v) is 4.13. The fourth-order valence-corrected chi connectivity index (χ4v) is 1.59. The van der Waals surface area contributed by atoms with Crippen molar-refractivity contribution in [3.05, 3.63) is 34.1 Å². The molecule has 84 valence electrons. The summed E-state index contributed by atoms with van der Waals surface area (Å²) in [5.74, 6) is 0.755. The van der Waals surface area contributed by atoms with E-state index in [1.807, 2.05) is 0 Å². The largest absolute Gasteiger partial charge is 0.337 e. The molecule has 0 spiro atoms. The molecule has 0 aliphatic carbocycles. The van der Waals surface area contributed by atoms with Gasteiger partial charge in [-0.05, 0) is 19.1 Å². The fourth-order valence-electron chi connectivity index (χ4n) is 1.21. The van der Waals surface area contributed by atoms with E-state index in [-0.39, 0.29) is 6.04 Å². The molecule has 0 fully saturated rings. The van der Waals surface area contributed by atoms with E-state index in [9.17, 15) is 0 Å². The second-order valence-electron chi connectivity index (χ2n) is 3.35. The Morgan fingerprint density at radius 3 is 2.75 bits per heavy atom. The summed E-state index contributed by atoms with van der Waals surface area (Å²) in [6.45, 7) is 1.76. The van der Waals surface area contributed by atoms with Crippen LogP contribution < -0.4 is 5.73 Å². The van der Waals surface area contributed by atoms with Crippen molar-refractivity contribution in [3.63, 3.8) is 0 Å². The van der Waals surface area contributed by atoms with Crippen LogP contribution in [0, 0.1) is 0 Å². The molecule has 0 saturated heterocycles. The maximum absolute atomic E-state index is 6.03. The van der Waals surface area contributed by atoms with Crippen LogP contribution in [0.1, 0.15) is 18.9 Å².